The number of aromatic nitrogens is 2. The van der Waals surface area contributed by atoms with Crippen molar-refractivity contribution >= 4 is 17.5 Å². The Kier molecular flexibility index (Phi) is 3.95. The molecule has 4 heterocycles. The number of aryl methyl sites for hydroxylation is 1. The number of hydrogen-bond acceptors (Lipinski definition) is 4. The first-order valence-corrected chi connectivity index (χ1v) is 8.31. The third-order valence-corrected chi connectivity index (χ3v) is 4.55. The van der Waals surface area contributed by atoms with Crippen molar-refractivity contribution in [3.05, 3.63) is 59.7 Å². The number of fused-ring (bicyclic) bond motifs is 1. The van der Waals surface area contributed by atoms with E-state index in [-0.39, 0.29) is 17.6 Å². The van der Waals surface area contributed by atoms with Gasteiger partial charge >= 0.3 is 0 Å². The molecule has 26 heavy (non-hydrogen) atoms. The fourth-order valence-electron chi connectivity index (χ4n) is 3.21. The number of carbonyl (C=O) groups excluding carboxylic acids is 2. The average molecular weight is 356 g/mol. The smallest absolute Gasteiger partial charge is 0.289 e. The molecule has 1 aliphatic rings. The van der Waals surface area contributed by atoms with Gasteiger partial charge in [-0.25, -0.2) is 9.37 Å². The minimum Gasteiger partial charge on any atom is -0.459 e. The molecule has 0 bridgehead atoms. The summed E-state index contributed by atoms with van der Waals surface area (Å²) in [6, 6.07) is 6.14. The van der Waals surface area contributed by atoms with E-state index in [1.165, 1.54) is 22.9 Å². The first-order chi connectivity index (χ1) is 12.5. The Morgan fingerprint density at radius 2 is 1.77 bits per heavy atom. The fourth-order valence-corrected chi connectivity index (χ4v) is 3.21. The number of carbonyl (C=O) groups is 2. The number of hydrogen-bond donors (Lipinski definition) is 0. The SMILES string of the molecule is Cc1nc2ccc(F)cn2c1C(=O)N1CCN(C(=O)c2ccco2)CC1. The van der Waals surface area contributed by atoms with Gasteiger partial charge in [-0.3, -0.25) is 14.0 Å². The van der Waals surface area contributed by atoms with Gasteiger partial charge in [-0.05, 0) is 31.2 Å². The van der Waals surface area contributed by atoms with E-state index in [0.29, 0.717) is 43.2 Å². The number of amides is 2. The molecule has 7 nitrogen and oxygen atoms in total. The molecule has 4 rings (SSSR count). The lowest BCUT2D eigenvalue weighted by atomic mass is 10.2. The predicted octanol–water partition coefficient (Wildman–Crippen LogP) is 1.97. The van der Waals surface area contributed by atoms with Gasteiger partial charge in [0, 0.05) is 32.4 Å². The van der Waals surface area contributed by atoms with Crippen LogP contribution in [0.15, 0.2) is 41.1 Å². The maximum Gasteiger partial charge on any atom is 0.289 e. The average Bonchev–Trinajstić information content (AvgIpc) is 3.28. The second kappa shape index (κ2) is 6.29. The minimum atomic E-state index is -0.433. The molecule has 1 fully saturated rings. The van der Waals surface area contributed by atoms with Crippen molar-refractivity contribution in [2.75, 3.05) is 26.2 Å². The molecular formula is C18H17FN4O3. The van der Waals surface area contributed by atoms with Crippen molar-refractivity contribution in [1.82, 2.24) is 19.2 Å². The van der Waals surface area contributed by atoms with E-state index in [1.807, 2.05) is 0 Å². The number of rotatable bonds is 2. The Hall–Kier alpha value is -3.16. The third kappa shape index (κ3) is 2.73. The summed E-state index contributed by atoms with van der Waals surface area (Å²) in [7, 11) is 0. The van der Waals surface area contributed by atoms with Crippen LogP contribution in [0.4, 0.5) is 4.39 Å². The third-order valence-electron chi connectivity index (χ3n) is 4.55. The van der Waals surface area contributed by atoms with E-state index >= 15 is 0 Å². The Morgan fingerprint density at radius 1 is 1.08 bits per heavy atom. The molecule has 0 N–H and O–H groups in total. The first kappa shape index (κ1) is 16.3. The zero-order chi connectivity index (χ0) is 18.3. The molecular weight excluding hydrogens is 339 g/mol. The van der Waals surface area contributed by atoms with Crippen LogP contribution in [0, 0.1) is 12.7 Å². The number of nitrogens with zero attached hydrogens (tertiary/aromatic N) is 4. The standard InChI is InChI=1S/C18H17FN4O3/c1-12-16(23-11-13(19)4-5-15(23)20-12)18(25)22-8-6-21(7-9-22)17(24)14-3-2-10-26-14/h2-5,10-11H,6-9H2,1H3. The highest BCUT2D eigenvalue weighted by atomic mass is 19.1. The van der Waals surface area contributed by atoms with Crippen LogP contribution in [0.5, 0.6) is 0 Å². The molecule has 0 saturated carbocycles. The Labute approximate surface area is 148 Å². The number of piperazine rings is 1. The second-order valence-corrected chi connectivity index (χ2v) is 6.18. The monoisotopic (exact) mass is 356 g/mol. The Balaban J connectivity index is 1.51. The van der Waals surface area contributed by atoms with E-state index in [1.54, 1.807) is 34.9 Å². The molecule has 1 aliphatic heterocycles. The number of halogens is 1. The molecule has 134 valence electrons. The normalized spacial score (nSPS) is 14.8. The molecule has 0 aliphatic carbocycles. The van der Waals surface area contributed by atoms with Crippen molar-refractivity contribution in [2.45, 2.75) is 6.92 Å². The van der Waals surface area contributed by atoms with Gasteiger partial charge in [-0.2, -0.15) is 0 Å². The van der Waals surface area contributed by atoms with Crippen molar-refractivity contribution in [3.63, 3.8) is 0 Å². The quantitative estimate of drug-likeness (QED) is 0.704. The van der Waals surface area contributed by atoms with Gasteiger partial charge in [-0.1, -0.05) is 0 Å². The highest BCUT2D eigenvalue weighted by Gasteiger charge is 2.29. The van der Waals surface area contributed by atoms with Crippen molar-refractivity contribution < 1.29 is 18.4 Å². The lowest BCUT2D eigenvalue weighted by Gasteiger charge is -2.34. The van der Waals surface area contributed by atoms with Crippen LogP contribution in [0.2, 0.25) is 0 Å². The Bertz CT molecular complexity index is 972. The molecule has 3 aromatic heterocycles. The number of imidazole rings is 1. The van der Waals surface area contributed by atoms with Crippen LogP contribution in [0.3, 0.4) is 0 Å². The number of pyridine rings is 1. The van der Waals surface area contributed by atoms with Gasteiger partial charge in [0.15, 0.2) is 5.76 Å². The summed E-state index contributed by atoms with van der Waals surface area (Å²) in [5, 5.41) is 0. The van der Waals surface area contributed by atoms with E-state index < -0.39 is 5.82 Å². The summed E-state index contributed by atoms with van der Waals surface area (Å²) in [6.45, 7) is 3.35. The van der Waals surface area contributed by atoms with Gasteiger partial charge in [0.1, 0.15) is 17.2 Å². The lowest BCUT2D eigenvalue weighted by Crippen LogP contribution is -2.50. The summed E-state index contributed by atoms with van der Waals surface area (Å²) in [4.78, 5) is 32.9. The van der Waals surface area contributed by atoms with Crippen molar-refractivity contribution in [2.24, 2.45) is 0 Å². The van der Waals surface area contributed by atoms with Crippen molar-refractivity contribution in [3.8, 4) is 0 Å². The first-order valence-electron chi connectivity index (χ1n) is 8.31. The molecule has 0 radical (unpaired) electrons. The topological polar surface area (TPSA) is 71.1 Å². The lowest BCUT2D eigenvalue weighted by molar-refractivity contribution is 0.0514. The maximum absolute atomic E-state index is 13.6. The van der Waals surface area contributed by atoms with Crippen LogP contribution in [0.25, 0.3) is 5.65 Å². The molecule has 3 aromatic rings. The summed E-state index contributed by atoms with van der Waals surface area (Å²) in [5.74, 6) is -0.545. The zero-order valence-corrected chi connectivity index (χ0v) is 14.2. The van der Waals surface area contributed by atoms with Gasteiger partial charge in [0.05, 0.1) is 12.0 Å². The molecule has 1 saturated heterocycles. The predicted molar refractivity (Wildman–Crippen MR) is 90.4 cm³/mol. The highest BCUT2D eigenvalue weighted by Crippen LogP contribution is 2.17. The number of furan rings is 1. The minimum absolute atomic E-state index is 0.185. The molecule has 0 unspecified atom stereocenters. The van der Waals surface area contributed by atoms with Crippen LogP contribution < -0.4 is 0 Å². The van der Waals surface area contributed by atoms with Gasteiger partial charge < -0.3 is 14.2 Å². The zero-order valence-electron chi connectivity index (χ0n) is 14.2. The van der Waals surface area contributed by atoms with Gasteiger partial charge in [-0.15, -0.1) is 0 Å². The molecule has 0 aromatic carbocycles. The Morgan fingerprint density at radius 3 is 2.42 bits per heavy atom. The summed E-state index contributed by atoms with van der Waals surface area (Å²) in [5.41, 5.74) is 1.43. The largest absolute Gasteiger partial charge is 0.459 e. The van der Waals surface area contributed by atoms with Gasteiger partial charge in [0.2, 0.25) is 0 Å². The van der Waals surface area contributed by atoms with E-state index in [2.05, 4.69) is 4.98 Å². The molecule has 0 atom stereocenters. The maximum atomic E-state index is 13.6. The molecule has 8 heteroatoms. The summed E-state index contributed by atoms with van der Waals surface area (Å²) < 4.78 is 20.2. The molecule has 2 amide bonds. The second-order valence-electron chi connectivity index (χ2n) is 6.18. The fraction of sp³-hybridized carbons (Fsp3) is 0.278. The van der Waals surface area contributed by atoms with Gasteiger partial charge in [0.25, 0.3) is 11.8 Å². The van der Waals surface area contributed by atoms with E-state index in [4.69, 9.17) is 4.42 Å². The molecule has 0 spiro atoms. The van der Waals surface area contributed by atoms with E-state index in [0.717, 1.165) is 0 Å². The van der Waals surface area contributed by atoms with Crippen LogP contribution in [-0.4, -0.2) is 57.2 Å². The van der Waals surface area contributed by atoms with Crippen molar-refractivity contribution in [1.29, 1.82) is 0 Å². The van der Waals surface area contributed by atoms with Crippen LogP contribution in [0.1, 0.15) is 26.7 Å². The van der Waals surface area contributed by atoms with E-state index in [9.17, 15) is 14.0 Å². The summed E-state index contributed by atoms with van der Waals surface area (Å²) in [6.07, 6.45) is 2.72. The highest BCUT2D eigenvalue weighted by molar-refractivity contribution is 5.95. The van der Waals surface area contributed by atoms with Crippen LogP contribution >= 0.6 is 0 Å². The van der Waals surface area contributed by atoms with Crippen LogP contribution in [-0.2, 0) is 0 Å². The summed E-state index contributed by atoms with van der Waals surface area (Å²) >= 11 is 0.